The van der Waals surface area contributed by atoms with Crippen LogP contribution < -0.4 is 0 Å². The third-order valence-electron chi connectivity index (χ3n) is 3.63. The number of pyridine rings is 1. The summed E-state index contributed by atoms with van der Waals surface area (Å²) < 4.78 is 2.07. The van der Waals surface area contributed by atoms with Crippen molar-refractivity contribution < 1.29 is 0 Å². The van der Waals surface area contributed by atoms with Crippen LogP contribution in [0, 0.1) is 0 Å². The summed E-state index contributed by atoms with van der Waals surface area (Å²) in [7, 11) is 2.20. The normalized spacial score (nSPS) is 19.3. The Balaban J connectivity index is 1.87. The van der Waals surface area contributed by atoms with Crippen LogP contribution in [0.3, 0.4) is 0 Å². The number of aromatic nitrogens is 2. The molecule has 0 radical (unpaired) electrons. The van der Waals surface area contributed by atoms with E-state index in [0.29, 0.717) is 0 Å². The first-order valence-corrected chi connectivity index (χ1v) is 5.93. The van der Waals surface area contributed by atoms with Crippen molar-refractivity contribution in [3.05, 3.63) is 36.4 Å². The van der Waals surface area contributed by atoms with E-state index in [4.69, 9.17) is 0 Å². The average molecular weight is 215 g/mol. The van der Waals surface area contributed by atoms with Gasteiger partial charge in [0.1, 0.15) is 0 Å². The molecule has 3 rings (SSSR count). The Morgan fingerprint density at radius 1 is 1.31 bits per heavy atom. The Hall–Kier alpha value is -1.35. The van der Waals surface area contributed by atoms with E-state index in [9.17, 15) is 0 Å². The second-order valence-electron chi connectivity index (χ2n) is 4.76. The van der Waals surface area contributed by atoms with Gasteiger partial charge in [-0.1, -0.05) is 0 Å². The topological polar surface area (TPSA) is 20.5 Å². The molecule has 3 nitrogen and oxygen atoms in total. The fourth-order valence-corrected chi connectivity index (χ4v) is 2.53. The van der Waals surface area contributed by atoms with E-state index in [0.717, 1.165) is 5.92 Å². The van der Waals surface area contributed by atoms with Gasteiger partial charge in [-0.2, -0.15) is 0 Å². The fraction of sp³-hybridized carbons (Fsp3) is 0.462. The number of rotatable bonds is 1. The summed E-state index contributed by atoms with van der Waals surface area (Å²) in [5.41, 5.74) is 2.68. The van der Waals surface area contributed by atoms with E-state index in [1.165, 1.54) is 37.0 Å². The predicted molar refractivity (Wildman–Crippen MR) is 64.7 cm³/mol. The molecule has 0 spiro atoms. The van der Waals surface area contributed by atoms with Crippen LogP contribution >= 0.6 is 0 Å². The Bertz CT molecular complexity index is 481. The maximum atomic E-state index is 4.15. The van der Waals surface area contributed by atoms with Gasteiger partial charge < -0.3 is 9.30 Å². The van der Waals surface area contributed by atoms with E-state index < -0.39 is 0 Å². The average Bonchev–Trinajstić information content (AvgIpc) is 2.77. The van der Waals surface area contributed by atoms with Crippen molar-refractivity contribution in [2.75, 3.05) is 20.1 Å². The Kier molecular flexibility index (Phi) is 2.40. The maximum absolute atomic E-state index is 4.15. The van der Waals surface area contributed by atoms with E-state index in [1.54, 1.807) is 0 Å². The van der Waals surface area contributed by atoms with Crippen LogP contribution in [0.1, 0.15) is 24.3 Å². The lowest BCUT2D eigenvalue weighted by molar-refractivity contribution is 0.255. The second-order valence-corrected chi connectivity index (χ2v) is 4.76. The van der Waals surface area contributed by atoms with Crippen molar-refractivity contribution in [3.8, 4) is 0 Å². The molecule has 2 aromatic heterocycles. The molecule has 0 aliphatic carbocycles. The minimum atomic E-state index is 0.732. The molecule has 0 unspecified atom stereocenters. The van der Waals surface area contributed by atoms with Crippen molar-refractivity contribution in [2.24, 2.45) is 0 Å². The van der Waals surface area contributed by atoms with Crippen molar-refractivity contribution in [2.45, 2.75) is 18.8 Å². The molecule has 84 valence electrons. The minimum Gasteiger partial charge on any atom is -0.306 e. The molecule has 0 amide bonds. The first-order chi connectivity index (χ1) is 7.83. The van der Waals surface area contributed by atoms with Crippen LogP contribution in [0.15, 0.2) is 30.9 Å². The molecule has 1 fully saturated rings. The molecule has 3 heterocycles. The van der Waals surface area contributed by atoms with Crippen LogP contribution in [-0.4, -0.2) is 34.4 Å². The maximum Gasteiger partial charge on any atom is 0.0991 e. The number of nitrogens with zero attached hydrogens (tertiary/aromatic N) is 3. The van der Waals surface area contributed by atoms with Gasteiger partial charge in [0.15, 0.2) is 0 Å². The highest BCUT2D eigenvalue weighted by Gasteiger charge is 2.18. The molecule has 3 heteroatoms. The van der Waals surface area contributed by atoms with Gasteiger partial charge in [-0.3, -0.25) is 0 Å². The summed E-state index contributed by atoms with van der Waals surface area (Å²) in [6.07, 6.45) is 8.46. The minimum absolute atomic E-state index is 0.732. The van der Waals surface area contributed by atoms with Gasteiger partial charge in [-0.15, -0.1) is 0 Å². The summed E-state index contributed by atoms with van der Waals surface area (Å²) in [4.78, 5) is 6.56. The van der Waals surface area contributed by atoms with E-state index in [-0.39, 0.29) is 0 Å². The number of likely N-dealkylation sites (tertiary alicyclic amines) is 1. The van der Waals surface area contributed by atoms with Gasteiger partial charge >= 0.3 is 0 Å². The monoisotopic (exact) mass is 215 g/mol. The molecule has 16 heavy (non-hydrogen) atoms. The van der Waals surface area contributed by atoms with Crippen LogP contribution in [0.25, 0.3) is 5.52 Å². The summed E-state index contributed by atoms with van der Waals surface area (Å²) in [6.45, 7) is 2.43. The van der Waals surface area contributed by atoms with Crippen molar-refractivity contribution in [1.29, 1.82) is 0 Å². The van der Waals surface area contributed by atoms with Gasteiger partial charge in [-0.25, -0.2) is 4.98 Å². The van der Waals surface area contributed by atoms with E-state index in [1.807, 2.05) is 12.5 Å². The zero-order valence-corrected chi connectivity index (χ0v) is 9.63. The lowest BCUT2D eigenvalue weighted by Gasteiger charge is -2.29. The number of piperidine rings is 1. The Labute approximate surface area is 95.7 Å². The van der Waals surface area contributed by atoms with Gasteiger partial charge in [0.05, 0.1) is 18.0 Å². The molecule has 0 aromatic carbocycles. The first-order valence-electron chi connectivity index (χ1n) is 5.93. The van der Waals surface area contributed by atoms with Crippen LogP contribution in [-0.2, 0) is 0 Å². The summed E-state index contributed by atoms with van der Waals surface area (Å²) in [6, 6.07) is 4.52. The van der Waals surface area contributed by atoms with Crippen LogP contribution in [0.2, 0.25) is 0 Å². The highest BCUT2D eigenvalue weighted by Crippen LogP contribution is 2.27. The van der Waals surface area contributed by atoms with Gasteiger partial charge in [0.2, 0.25) is 0 Å². The predicted octanol–water partition coefficient (Wildman–Crippen LogP) is 2.14. The molecule has 1 aliphatic heterocycles. The standard InChI is InChI=1S/C13H17N3/c1-15-5-2-11(3-6-15)12-4-7-16-10-14-9-13(16)8-12/h4,7-11H,2-3,5-6H2,1H3. The fourth-order valence-electron chi connectivity index (χ4n) is 2.53. The highest BCUT2D eigenvalue weighted by molar-refractivity contribution is 5.47. The molecule has 1 aliphatic rings. The van der Waals surface area contributed by atoms with E-state index >= 15 is 0 Å². The van der Waals surface area contributed by atoms with Crippen molar-refractivity contribution in [3.63, 3.8) is 0 Å². The molecular formula is C13H17N3. The largest absolute Gasteiger partial charge is 0.306 e. The molecule has 0 bridgehead atoms. The quantitative estimate of drug-likeness (QED) is 0.726. The summed E-state index contributed by atoms with van der Waals surface area (Å²) in [5.74, 6) is 0.732. The molecule has 0 atom stereocenters. The number of hydrogen-bond donors (Lipinski definition) is 0. The summed E-state index contributed by atoms with van der Waals surface area (Å²) >= 11 is 0. The second kappa shape index (κ2) is 3.91. The number of hydrogen-bond acceptors (Lipinski definition) is 2. The van der Waals surface area contributed by atoms with Gasteiger partial charge in [0, 0.05) is 6.20 Å². The van der Waals surface area contributed by atoms with Gasteiger partial charge in [-0.05, 0) is 56.6 Å². The third-order valence-corrected chi connectivity index (χ3v) is 3.63. The Morgan fingerprint density at radius 2 is 2.12 bits per heavy atom. The molecular weight excluding hydrogens is 198 g/mol. The Morgan fingerprint density at radius 3 is 2.94 bits per heavy atom. The van der Waals surface area contributed by atoms with Crippen LogP contribution in [0.4, 0.5) is 0 Å². The highest BCUT2D eigenvalue weighted by atomic mass is 15.1. The summed E-state index contributed by atoms with van der Waals surface area (Å²) in [5, 5.41) is 0. The van der Waals surface area contributed by atoms with Crippen molar-refractivity contribution >= 4 is 5.52 Å². The first kappa shape index (κ1) is 9.85. The molecule has 2 aromatic rings. The zero-order chi connectivity index (χ0) is 11.0. The van der Waals surface area contributed by atoms with Crippen molar-refractivity contribution in [1.82, 2.24) is 14.3 Å². The number of fused-ring (bicyclic) bond motifs is 1. The lowest BCUT2D eigenvalue weighted by Crippen LogP contribution is -2.29. The van der Waals surface area contributed by atoms with Crippen LogP contribution in [0.5, 0.6) is 0 Å². The molecule has 0 N–H and O–H groups in total. The lowest BCUT2D eigenvalue weighted by atomic mass is 9.90. The molecule has 0 saturated carbocycles. The van der Waals surface area contributed by atoms with Gasteiger partial charge in [0.25, 0.3) is 0 Å². The molecule has 1 saturated heterocycles. The SMILES string of the molecule is CN1CCC(c2ccn3cncc3c2)CC1. The zero-order valence-electron chi connectivity index (χ0n) is 9.63. The third kappa shape index (κ3) is 1.71. The number of imidazole rings is 1. The van der Waals surface area contributed by atoms with E-state index in [2.05, 4.69) is 39.7 Å². The smallest absolute Gasteiger partial charge is 0.0991 e.